The van der Waals surface area contributed by atoms with Gasteiger partial charge in [0.05, 0.1) is 13.0 Å². The molecule has 2 saturated heterocycles. The fraction of sp³-hybridized carbons (Fsp3) is 0.938. The molecule has 1 unspecified atom stereocenters. The molecule has 0 bridgehead atoms. The highest BCUT2D eigenvalue weighted by Gasteiger charge is 2.31. The first-order valence-corrected chi connectivity index (χ1v) is 8.28. The van der Waals surface area contributed by atoms with E-state index in [0.29, 0.717) is 25.0 Å². The normalized spacial score (nSPS) is 24.1. The quantitative estimate of drug-likeness (QED) is 0.727. The van der Waals surface area contributed by atoms with Gasteiger partial charge in [0.25, 0.3) is 0 Å². The van der Waals surface area contributed by atoms with Gasteiger partial charge in [-0.15, -0.1) is 0 Å². The predicted molar refractivity (Wildman–Crippen MR) is 78.6 cm³/mol. The molecule has 2 fully saturated rings. The molecule has 0 aliphatic carbocycles. The summed E-state index contributed by atoms with van der Waals surface area (Å²) in [5.74, 6) is 0.555. The van der Waals surface area contributed by atoms with Gasteiger partial charge in [-0.1, -0.05) is 12.8 Å². The minimum Gasteiger partial charge on any atom is -0.466 e. The van der Waals surface area contributed by atoms with Gasteiger partial charge in [-0.3, -0.25) is 9.69 Å². The molecular formula is C16H29NO3. The van der Waals surface area contributed by atoms with Gasteiger partial charge < -0.3 is 9.47 Å². The minimum atomic E-state index is -0.0340. The van der Waals surface area contributed by atoms with Crippen LogP contribution in [0.3, 0.4) is 0 Å². The molecule has 2 aliphatic heterocycles. The summed E-state index contributed by atoms with van der Waals surface area (Å²) in [4.78, 5) is 14.5. The summed E-state index contributed by atoms with van der Waals surface area (Å²) >= 11 is 0. The molecule has 0 N–H and O–H groups in total. The van der Waals surface area contributed by atoms with Gasteiger partial charge in [-0.05, 0) is 51.6 Å². The molecule has 2 aliphatic rings. The van der Waals surface area contributed by atoms with Crippen molar-refractivity contribution >= 4 is 5.97 Å². The first-order chi connectivity index (χ1) is 9.81. The average Bonchev–Trinajstić information content (AvgIpc) is 2.75. The molecular weight excluding hydrogens is 254 g/mol. The van der Waals surface area contributed by atoms with E-state index in [-0.39, 0.29) is 5.97 Å². The van der Waals surface area contributed by atoms with Gasteiger partial charge in [0.1, 0.15) is 0 Å². The van der Waals surface area contributed by atoms with Crippen LogP contribution < -0.4 is 0 Å². The van der Waals surface area contributed by atoms with Crippen molar-refractivity contribution in [3.63, 3.8) is 0 Å². The van der Waals surface area contributed by atoms with Crippen LogP contribution >= 0.6 is 0 Å². The summed E-state index contributed by atoms with van der Waals surface area (Å²) in [5, 5.41) is 0. The number of nitrogens with zero attached hydrogens (tertiary/aromatic N) is 1. The molecule has 20 heavy (non-hydrogen) atoms. The van der Waals surface area contributed by atoms with Crippen LogP contribution in [-0.2, 0) is 14.3 Å². The molecule has 1 atom stereocenters. The van der Waals surface area contributed by atoms with Crippen molar-refractivity contribution in [1.82, 2.24) is 4.90 Å². The number of carbonyl (C=O) groups is 1. The highest BCUT2D eigenvalue weighted by Crippen LogP contribution is 2.27. The molecule has 0 aromatic heterocycles. The molecule has 0 spiro atoms. The number of ether oxygens (including phenoxy) is 2. The summed E-state index contributed by atoms with van der Waals surface area (Å²) < 4.78 is 10.7. The van der Waals surface area contributed by atoms with Crippen molar-refractivity contribution in [2.24, 2.45) is 5.92 Å². The summed E-state index contributed by atoms with van der Waals surface area (Å²) in [6.07, 6.45) is 7.91. The Morgan fingerprint density at radius 2 is 1.85 bits per heavy atom. The van der Waals surface area contributed by atoms with Gasteiger partial charge in [0, 0.05) is 19.3 Å². The Hall–Kier alpha value is -0.610. The first-order valence-electron chi connectivity index (χ1n) is 8.28. The molecule has 0 saturated carbocycles. The molecule has 4 nitrogen and oxygen atoms in total. The Morgan fingerprint density at radius 3 is 2.45 bits per heavy atom. The van der Waals surface area contributed by atoms with Crippen LogP contribution in [0.4, 0.5) is 0 Å². The molecule has 0 radical (unpaired) electrons. The second-order valence-corrected chi connectivity index (χ2v) is 5.98. The smallest absolute Gasteiger partial charge is 0.307 e. The molecule has 2 rings (SSSR count). The van der Waals surface area contributed by atoms with Gasteiger partial charge in [0.2, 0.25) is 0 Å². The number of hydrogen-bond acceptors (Lipinski definition) is 4. The van der Waals surface area contributed by atoms with Crippen molar-refractivity contribution in [2.45, 2.75) is 57.9 Å². The van der Waals surface area contributed by atoms with Crippen LogP contribution in [0.5, 0.6) is 0 Å². The first kappa shape index (κ1) is 15.8. The third-order valence-corrected chi connectivity index (χ3v) is 4.60. The molecule has 0 amide bonds. The second-order valence-electron chi connectivity index (χ2n) is 5.98. The average molecular weight is 283 g/mol. The Morgan fingerprint density at radius 1 is 1.20 bits per heavy atom. The van der Waals surface area contributed by atoms with Crippen molar-refractivity contribution < 1.29 is 14.3 Å². The summed E-state index contributed by atoms with van der Waals surface area (Å²) in [6.45, 7) is 6.34. The lowest BCUT2D eigenvalue weighted by molar-refractivity contribution is -0.145. The maximum absolute atomic E-state index is 11.9. The molecule has 116 valence electrons. The van der Waals surface area contributed by atoms with Gasteiger partial charge in [-0.2, -0.15) is 0 Å². The Kier molecular flexibility index (Phi) is 6.80. The van der Waals surface area contributed by atoms with Crippen molar-refractivity contribution in [2.75, 3.05) is 32.9 Å². The molecule has 0 aromatic rings. The number of esters is 1. The Labute approximate surface area is 122 Å². The largest absolute Gasteiger partial charge is 0.466 e. The van der Waals surface area contributed by atoms with E-state index in [4.69, 9.17) is 9.47 Å². The standard InChI is InChI=1S/C16H29NO3/c1-2-20-16(18)13-15(14-7-11-19-12-8-14)17-9-5-3-4-6-10-17/h14-15H,2-13H2,1H3. The van der Waals surface area contributed by atoms with Crippen molar-refractivity contribution in [1.29, 1.82) is 0 Å². The predicted octanol–water partition coefficient (Wildman–Crippen LogP) is 2.61. The summed E-state index contributed by atoms with van der Waals surface area (Å²) in [7, 11) is 0. The van der Waals surface area contributed by atoms with Crippen molar-refractivity contribution in [3.8, 4) is 0 Å². The molecule has 4 heteroatoms. The lowest BCUT2D eigenvalue weighted by Gasteiger charge is -2.37. The van der Waals surface area contributed by atoms with Crippen LogP contribution in [0.2, 0.25) is 0 Å². The fourth-order valence-corrected chi connectivity index (χ4v) is 3.51. The van der Waals surface area contributed by atoms with E-state index < -0.39 is 0 Å². The van der Waals surface area contributed by atoms with Gasteiger partial charge >= 0.3 is 5.97 Å². The van der Waals surface area contributed by atoms with Crippen LogP contribution in [0, 0.1) is 5.92 Å². The van der Waals surface area contributed by atoms with Crippen LogP contribution in [0.1, 0.15) is 51.9 Å². The number of hydrogen-bond donors (Lipinski definition) is 0. The van der Waals surface area contributed by atoms with Crippen LogP contribution in [-0.4, -0.2) is 49.8 Å². The lowest BCUT2D eigenvalue weighted by atomic mass is 9.88. The van der Waals surface area contributed by atoms with Crippen LogP contribution in [0.15, 0.2) is 0 Å². The van der Waals surface area contributed by atoms with E-state index in [0.717, 1.165) is 39.1 Å². The SMILES string of the molecule is CCOC(=O)CC(C1CCOCC1)N1CCCCCC1. The third-order valence-electron chi connectivity index (χ3n) is 4.60. The highest BCUT2D eigenvalue weighted by molar-refractivity contribution is 5.70. The van der Waals surface area contributed by atoms with Gasteiger partial charge in [0.15, 0.2) is 0 Å². The topological polar surface area (TPSA) is 38.8 Å². The summed E-state index contributed by atoms with van der Waals surface area (Å²) in [6, 6.07) is 0.357. The molecule has 0 aromatic carbocycles. The number of likely N-dealkylation sites (tertiary alicyclic amines) is 1. The fourth-order valence-electron chi connectivity index (χ4n) is 3.51. The Bertz CT molecular complexity index is 281. The minimum absolute atomic E-state index is 0.0340. The summed E-state index contributed by atoms with van der Waals surface area (Å²) in [5.41, 5.74) is 0. The number of rotatable bonds is 5. The zero-order valence-corrected chi connectivity index (χ0v) is 12.8. The van der Waals surface area contributed by atoms with E-state index in [9.17, 15) is 4.79 Å². The van der Waals surface area contributed by atoms with Gasteiger partial charge in [-0.25, -0.2) is 0 Å². The maximum Gasteiger partial charge on any atom is 0.307 e. The zero-order valence-electron chi connectivity index (χ0n) is 12.8. The molecule has 2 heterocycles. The van der Waals surface area contributed by atoms with E-state index in [1.165, 1.54) is 25.7 Å². The van der Waals surface area contributed by atoms with E-state index in [1.807, 2.05) is 6.92 Å². The monoisotopic (exact) mass is 283 g/mol. The number of carbonyl (C=O) groups excluding carboxylic acids is 1. The lowest BCUT2D eigenvalue weighted by Crippen LogP contribution is -2.44. The van der Waals surface area contributed by atoms with E-state index in [1.54, 1.807) is 0 Å². The second kappa shape index (κ2) is 8.63. The van der Waals surface area contributed by atoms with Crippen molar-refractivity contribution in [3.05, 3.63) is 0 Å². The Balaban J connectivity index is 1.98. The maximum atomic E-state index is 11.9. The van der Waals surface area contributed by atoms with E-state index >= 15 is 0 Å². The zero-order chi connectivity index (χ0) is 14.2. The highest BCUT2D eigenvalue weighted by atomic mass is 16.5. The van der Waals surface area contributed by atoms with Crippen LogP contribution in [0.25, 0.3) is 0 Å². The van der Waals surface area contributed by atoms with E-state index in [2.05, 4.69) is 4.90 Å². The third kappa shape index (κ3) is 4.74.